The van der Waals surface area contributed by atoms with E-state index in [2.05, 4.69) is 27.5 Å². The molecule has 0 aliphatic carbocycles. The third-order valence-electron chi connectivity index (χ3n) is 4.88. The van der Waals surface area contributed by atoms with Gasteiger partial charge in [-0.3, -0.25) is 0 Å². The average Bonchev–Trinajstić information content (AvgIpc) is 3.57. The van der Waals surface area contributed by atoms with Gasteiger partial charge < -0.3 is 9.09 Å². The molecule has 0 atom stereocenters. The van der Waals surface area contributed by atoms with E-state index in [1.807, 2.05) is 67.1 Å². The zero-order valence-corrected chi connectivity index (χ0v) is 18.9. The average molecular weight is 461 g/mol. The van der Waals surface area contributed by atoms with Crippen molar-refractivity contribution in [2.24, 2.45) is 7.05 Å². The van der Waals surface area contributed by atoms with E-state index in [1.165, 1.54) is 6.39 Å². The lowest BCUT2D eigenvalue weighted by molar-refractivity contribution is 0.419. The van der Waals surface area contributed by atoms with Crippen molar-refractivity contribution in [1.29, 1.82) is 0 Å². The van der Waals surface area contributed by atoms with Crippen molar-refractivity contribution in [3.63, 3.8) is 0 Å². The fourth-order valence-electron chi connectivity index (χ4n) is 3.23. The number of imidazole rings is 1. The minimum Gasteiger partial charge on any atom is -0.342 e. The van der Waals surface area contributed by atoms with Gasteiger partial charge in [0, 0.05) is 40.8 Å². The van der Waals surface area contributed by atoms with Crippen LogP contribution in [0.15, 0.2) is 69.4 Å². The van der Waals surface area contributed by atoms with E-state index in [0.29, 0.717) is 16.5 Å². The van der Waals surface area contributed by atoms with Crippen molar-refractivity contribution < 1.29 is 4.52 Å². The molecule has 0 bridgehead atoms. The summed E-state index contributed by atoms with van der Waals surface area (Å²) in [6.07, 6.45) is 4.33. The molecule has 0 saturated carbocycles. The Kier molecular flexibility index (Phi) is 5.43. The lowest BCUT2D eigenvalue weighted by atomic mass is 10.1. The normalized spacial score (nSPS) is 11.0. The first-order valence-corrected chi connectivity index (χ1v) is 11.1. The zero-order valence-electron chi connectivity index (χ0n) is 17.3. The molecule has 32 heavy (non-hydrogen) atoms. The summed E-state index contributed by atoms with van der Waals surface area (Å²) in [7, 11) is 1.98. The minimum atomic E-state index is 0.546. The molecule has 0 aliphatic heterocycles. The van der Waals surface area contributed by atoms with Gasteiger partial charge in [0.05, 0.1) is 0 Å². The molecule has 5 aromatic rings. The largest absolute Gasteiger partial charge is 0.342 e. The second-order valence-corrected chi connectivity index (χ2v) is 8.44. The fraction of sp³-hybridized carbons (Fsp3) is 0.130. The van der Waals surface area contributed by atoms with Gasteiger partial charge in [-0.2, -0.15) is 10.1 Å². The maximum Gasteiger partial charge on any atom is 0.214 e. The lowest BCUT2D eigenvalue weighted by Gasteiger charge is -2.07. The molecule has 0 aliphatic rings. The molecule has 2 aromatic carbocycles. The molecule has 3 heterocycles. The van der Waals surface area contributed by atoms with E-state index < -0.39 is 0 Å². The number of aryl methyl sites for hydroxylation is 1. The van der Waals surface area contributed by atoms with Crippen molar-refractivity contribution in [3.05, 3.63) is 72.2 Å². The van der Waals surface area contributed by atoms with Crippen LogP contribution in [0.4, 0.5) is 0 Å². The first-order valence-electron chi connectivity index (χ1n) is 9.88. The molecule has 0 unspecified atom stereocenters. The minimum absolute atomic E-state index is 0.546. The SMILES string of the molecule is CCn1c#cc(-c2nc(-c3ccc(-c4ncon4)cc3)c(Sc3ccc(Cl)cc3)n2C)n1. The summed E-state index contributed by atoms with van der Waals surface area (Å²) in [6.45, 7) is 2.73. The number of hydrogen-bond acceptors (Lipinski definition) is 6. The predicted octanol–water partition coefficient (Wildman–Crippen LogP) is 5.43. The van der Waals surface area contributed by atoms with Crippen molar-refractivity contribution in [3.8, 4) is 34.2 Å². The highest BCUT2D eigenvalue weighted by Gasteiger charge is 2.20. The van der Waals surface area contributed by atoms with Crippen molar-refractivity contribution in [1.82, 2.24) is 29.5 Å². The van der Waals surface area contributed by atoms with Crippen LogP contribution in [-0.2, 0) is 13.6 Å². The first-order chi connectivity index (χ1) is 15.6. The van der Waals surface area contributed by atoms with E-state index in [9.17, 15) is 0 Å². The molecule has 0 amide bonds. The Morgan fingerprint density at radius 1 is 1.06 bits per heavy atom. The van der Waals surface area contributed by atoms with E-state index in [-0.39, 0.29) is 0 Å². The Labute approximate surface area is 194 Å². The third kappa shape index (κ3) is 3.88. The van der Waals surface area contributed by atoms with Gasteiger partial charge in [0.25, 0.3) is 0 Å². The quantitative estimate of drug-likeness (QED) is 0.336. The van der Waals surface area contributed by atoms with Crippen LogP contribution in [0.3, 0.4) is 0 Å². The summed E-state index contributed by atoms with van der Waals surface area (Å²) in [6, 6.07) is 18.8. The molecule has 0 spiro atoms. The van der Waals surface area contributed by atoms with Crippen LogP contribution in [0.2, 0.25) is 5.02 Å². The molecular formula is C23H17ClN6OS. The van der Waals surface area contributed by atoms with Crippen LogP contribution >= 0.6 is 23.4 Å². The molecule has 5 rings (SSSR count). The molecule has 3 aromatic heterocycles. The number of aromatic nitrogens is 6. The maximum absolute atomic E-state index is 6.07. The third-order valence-corrected chi connectivity index (χ3v) is 6.30. The van der Waals surface area contributed by atoms with Crippen LogP contribution in [0, 0.1) is 12.3 Å². The Bertz CT molecular complexity index is 1340. The number of hydrogen-bond donors (Lipinski definition) is 0. The standard InChI is InChI=1S/C23H17ClN6OS/c1-3-30-13-12-19(27-30)22-26-20(15-4-6-16(7-5-15)21-25-14-31-28-21)23(29(22)2)32-18-10-8-17(24)9-11-18/h4-11,14H,3H2,1-2H3. The Morgan fingerprint density at radius 2 is 1.81 bits per heavy atom. The highest BCUT2D eigenvalue weighted by atomic mass is 35.5. The first kappa shape index (κ1) is 20.4. The van der Waals surface area contributed by atoms with E-state index in [4.69, 9.17) is 21.1 Å². The topological polar surface area (TPSA) is 74.6 Å². The van der Waals surface area contributed by atoms with Crippen molar-refractivity contribution in [2.75, 3.05) is 0 Å². The smallest absolute Gasteiger partial charge is 0.214 e. The highest BCUT2D eigenvalue weighted by molar-refractivity contribution is 7.99. The predicted molar refractivity (Wildman–Crippen MR) is 122 cm³/mol. The summed E-state index contributed by atoms with van der Waals surface area (Å²) >= 11 is 7.69. The molecule has 0 N–H and O–H groups in total. The van der Waals surface area contributed by atoms with Gasteiger partial charge >= 0.3 is 0 Å². The fourth-order valence-corrected chi connectivity index (χ4v) is 4.33. The van der Waals surface area contributed by atoms with Crippen LogP contribution in [-0.4, -0.2) is 29.5 Å². The van der Waals surface area contributed by atoms with Gasteiger partial charge in [-0.25, -0.2) is 9.67 Å². The van der Waals surface area contributed by atoms with Gasteiger partial charge in [0.15, 0.2) is 11.5 Å². The zero-order chi connectivity index (χ0) is 22.1. The number of nitrogens with zero attached hydrogens (tertiary/aromatic N) is 6. The number of halogens is 1. The van der Waals surface area contributed by atoms with Gasteiger partial charge in [-0.1, -0.05) is 52.8 Å². The molecule has 158 valence electrons. The summed E-state index contributed by atoms with van der Waals surface area (Å²) < 4.78 is 8.61. The Hall–Kier alpha value is -3.54. The molecule has 7 nitrogen and oxygen atoms in total. The molecule has 0 fully saturated rings. The Balaban J connectivity index is 1.59. The Morgan fingerprint density at radius 3 is 2.47 bits per heavy atom. The van der Waals surface area contributed by atoms with Gasteiger partial charge in [-0.15, -0.1) is 0 Å². The maximum atomic E-state index is 6.07. The lowest BCUT2D eigenvalue weighted by Crippen LogP contribution is -1.98. The van der Waals surface area contributed by atoms with Crippen LogP contribution in [0.25, 0.3) is 34.2 Å². The van der Waals surface area contributed by atoms with Crippen LogP contribution < -0.4 is 0 Å². The highest BCUT2D eigenvalue weighted by Crippen LogP contribution is 2.38. The van der Waals surface area contributed by atoms with Crippen molar-refractivity contribution >= 4 is 23.4 Å². The van der Waals surface area contributed by atoms with Crippen LogP contribution in [0.1, 0.15) is 6.92 Å². The van der Waals surface area contributed by atoms with Gasteiger partial charge in [0.2, 0.25) is 12.2 Å². The number of benzene rings is 2. The molecule has 0 radical (unpaired) electrons. The van der Waals surface area contributed by atoms with Crippen molar-refractivity contribution in [2.45, 2.75) is 23.4 Å². The van der Waals surface area contributed by atoms with Crippen LogP contribution in [0.5, 0.6) is 0 Å². The van der Waals surface area contributed by atoms with E-state index >= 15 is 0 Å². The summed E-state index contributed by atoms with van der Waals surface area (Å²) in [5.74, 6) is 1.27. The second-order valence-electron chi connectivity index (χ2n) is 6.94. The monoisotopic (exact) mass is 460 g/mol. The summed E-state index contributed by atoms with van der Waals surface area (Å²) in [4.78, 5) is 10.1. The van der Waals surface area contributed by atoms with Gasteiger partial charge in [-0.05, 0) is 37.3 Å². The van der Waals surface area contributed by atoms with Gasteiger partial charge in [0.1, 0.15) is 10.7 Å². The summed E-state index contributed by atoms with van der Waals surface area (Å²) in [5, 5.41) is 10.1. The molecule has 9 heteroatoms. The molecular weight excluding hydrogens is 444 g/mol. The van der Waals surface area contributed by atoms with E-state index in [1.54, 1.807) is 16.4 Å². The number of rotatable bonds is 6. The second kappa shape index (κ2) is 8.54. The van der Waals surface area contributed by atoms with E-state index in [0.717, 1.165) is 39.1 Å². The summed E-state index contributed by atoms with van der Waals surface area (Å²) in [5.41, 5.74) is 3.34. The molecule has 0 saturated heterocycles.